The Morgan fingerprint density at radius 2 is 2.17 bits per heavy atom. The number of nitrogens with zero attached hydrogens (tertiary/aromatic N) is 2. The molecule has 2 aromatic rings. The minimum Gasteiger partial charge on any atom is -0.366 e. The van der Waals surface area contributed by atoms with Gasteiger partial charge in [-0.05, 0) is 35.7 Å². The SMILES string of the molecule is CCCNc1nc(C)cc(NCc2ccsc2)n1. The van der Waals surface area contributed by atoms with Crippen molar-refractivity contribution >= 4 is 23.1 Å². The standard InChI is InChI=1S/C13H18N4S/c1-3-5-14-13-16-10(2)7-12(17-13)15-8-11-4-6-18-9-11/h4,6-7,9H,3,5,8H2,1-2H3,(H2,14,15,16,17). The third kappa shape index (κ3) is 3.70. The van der Waals surface area contributed by atoms with E-state index in [1.165, 1.54) is 5.56 Å². The van der Waals surface area contributed by atoms with E-state index in [1.54, 1.807) is 11.3 Å². The van der Waals surface area contributed by atoms with Crippen molar-refractivity contribution in [3.63, 3.8) is 0 Å². The Morgan fingerprint density at radius 1 is 1.28 bits per heavy atom. The first-order valence-electron chi connectivity index (χ1n) is 6.12. The molecular weight excluding hydrogens is 244 g/mol. The van der Waals surface area contributed by atoms with Gasteiger partial charge in [0.2, 0.25) is 5.95 Å². The quantitative estimate of drug-likeness (QED) is 0.839. The lowest BCUT2D eigenvalue weighted by Crippen LogP contribution is -2.08. The molecule has 0 spiro atoms. The summed E-state index contributed by atoms with van der Waals surface area (Å²) in [4.78, 5) is 8.80. The zero-order valence-corrected chi connectivity index (χ0v) is 11.5. The van der Waals surface area contributed by atoms with E-state index >= 15 is 0 Å². The van der Waals surface area contributed by atoms with Crippen molar-refractivity contribution in [2.75, 3.05) is 17.2 Å². The minimum absolute atomic E-state index is 0.699. The van der Waals surface area contributed by atoms with Crippen molar-refractivity contribution in [3.8, 4) is 0 Å². The Labute approximate surface area is 111 Å². The van der Waals surface area contributed by atoms with Gasteiger partial charge in [-0.2, -0.15) is 16.3 Å². The van der Waals surface area contributed by atoms with Crippen molar-refractivity contribution in [1.29, 1.82) is 0 Å². The van der Waals surface area contributed by atoms with Gasteiger partial charge in [-0.15, -0.1) is 0 Å². The van der Waals surface area contributed by atoms with Crippen molar-refractivity contribution < 1.29 is 0 Å². The first kappa shape index (κ1) is 12.8. The average Bonchev–Trinajstić information content (AvgIpc) is 2.86. The number of thiophene rings is 1. The summed E-state index contributed by atoms with van der Waals surface area (Å²) in [6.07, 6.45) is 1.06. The molecule has 2 aromatic heterocycles. The van der Waals surface area contributed by atoms with Gasteiger partial charge in [-0.1, -0.05) is 6.92 Å². The van der Waals surface area contributed by atoms with Crippen LogP contribution in [0.1, 0.15) is 24.6 Å². The molecule has 0 amide bonds. The summed E-state index contributed by atoms with van der Waals surface area (Å²) in [5, 5.41) is 10.7. The maximum Gasteiger partial charge on any atom is 0.224 e. The number of aromatic nitrogens is 2. The van der Waals surface area contributed by atoms with Gasteiger partial charge in [0.15, 0.2) is 0 Å². The highest BCUT2D eigenvalue weighted by molar-refractivity contribution is 7.07. The summed E-state index contributed by atoms with van der Waals surface area (Å²) in [6, 6.07) is 4.07. The molecule has 0 aliphatic carbocycles. The van der Waals surface area contributed by atoms with Gasteiger partial charge >= 0.3 is 0 Å². The number of nitrogens with one attached hydrogen (secondary N) is 2. The van der Waals surface area contributed by atoms with Crippen LogP contribution < -0.4 is 10.6 Å². The molecule has 0 unspecified atom stereocenters. The van der Waals surface area contributed by atoms with E-state index in [0.29, 0.717) is 5.95 Å². The van der Waals surface area contributed by atoms with E-state index in [9.17, 15) is 0 Å². The fraction of sp³-hybridized carbons (Fsp3) is 0.385. The molecule has 0 atom stereocenters. The third-order valence-corrected chi connectivity index (χ3v) is 3.17. The van der Waals surface area contributed by atoms with Crippen LogP contribution in [-0.2, 0) is 6.54 Å². The third-order valence-electron chi connectivity index (χ3n) is 2.44. The molecule has 0 fully saturated rings. The largest absolute Gasteiger partial charge is 0.366 e. The van der Waals surface area contributed by atoms with E-state index in [2.05, 4.69) is 44.4 Å². The molecule has 0 bridgehead atoms. The second-order valence-corrected chi connectivity index (χ2v) is 4.91. The topological polar surface area (TPSA) is 49.8 Å². The number of hydrogen-bond donors (Lipinski definition) is 2. The average molecular weight is 262 g/mol. The Hall–Kier alpha value is -1.62. The molecule has 5 heteroatoms. The normalized spacial score (nSPS) is 10.3. The highest BCUT2D eigenvalue weighted by Crippen LogP contribution is 2.12. The van der Waals surface area contributed by atoms with Crippen molar-refractivity contribution in [3.05, 3.63) is 34.2 Å². The van der Waals surface area contributed by atoms with Crippen LogP contribution in [0.3, 0.4) is 0 Å². The molecule has 96 valence electrons. The number of hydrogen-bond acceptors (Lipinski definition) is 5. The van der Waals surface area contributed by atoms with Crippen molar-refractivity contribution in [2.24, 2.45) is 0 Å². The molecule has 2 rings (SSSR count). The predicted molar refractivity (Wildman–Crippen MR) is 77.2 cm³/mol. The molecule has 0 aliphatic heterocycles. The predicted octanol–water partition coefficient (Wildman–Crippen LogP) is 3.28. The van der Waals surface area contributed by atoms with E-state index < -0.39 is 0 Å². The molecule has 18 heavy (non-hydrogen) atoms. The smallest absolute Gasteiger partial charge is 0.224 e. The van der Waals surface area contributed by atoms with Gasteiger partial charge < -0.3 is 10.6 Å². The van der Waals surface area contributed by atoms with Crippen LogP contribution in [-0.4, -0.2) is 16.5 Å². The first-order chi connectivity index (χ1) is 8.78. The molecule has 0 aromatic carbocycles. The summed E-state index contributed by atoms with van der Waals surface area (Å²) in [7, 11) is 0. The fourth-order valence-corrected chi connectivity index (χ4v) is 2.23. The van der Waals surface area contributed by atoms with Crippen LogP contribution in [0.4, 0.5) is 11.8 Å². The van der Waals surface area contributed by atoms with Gasteiger partial charge in [0.1, 0.15) is 5.82 Å². The van der Waals surface area contributed by atoms with Crippen molar-refractivity contribution in [2.45, 2.75) is 26.8 Å². The second-order valence-electron chi connectivity index (χ2n) is 4.13. The van der Waals surface area contributed by atoms with Crippen LogP contribution >= 0.6 is 11.3 Å². The Morgan fingerprint density at radius 3 is 2.89 bits per heavy atom. The number of aryl methyl sites for hydroxylation is 1. The van der Waals surface area contributed by atoms with E-state index in [4.69, 9.17) is 0 Å². The minimum atomic E-state index is 0.699. The Balaban J connectivity index is 2.00. The van der Waals surface area contributed by atoms with Crippen LogP contribution in [0.2, 0.25) is 0 Å². The molecule has 2 heterocycles. The lowest BCUT2D eigenvalue weighted by molar-refractivity contribution is 0.943. The molecular formula is C13H18N4S. The van der Waals surface area contributed by atoms with Gasteiger partial charge in [0.05, 0.1) is 0 Å². The Bertz CT molecular complexity index is 482. The highest BCUT2D eigenvalue weighted by Gasteiger charge is 2.01. The van der Waals surface area contributed by atoms with E-state index in [1.807, 2.05) is 13.0 Å². The summed E-state index contributed by atoms with van der Waals surface area (Å²) >= 11 is 1.71. The molecule has 2 N–H and O–H groups in total. The molecule has 0 aliphatic rings. The fourth-order valence-electron chi connectivity index (χ4n) is 1.56. The van der Waals surface area contributed by atoms with Gasteiger partial charge in [-0.25, -0.2) is 4.98 Å². The van der Waals surface area contributed by atoms with Gasteiger partial charge in [-0.3, -0.25) is 0 Å². The number of anilines is 2. The molecule has 0 saturated heterocycles. The van der Waals surface area contributed by atoms with E-state index in [0.717, 1.165) is 31.0 Å². The Kier molecular flexibility index (Phi) is 4.52. The summed E-state index contributed by atoms with van der Waals surface area (Å²) in [6.45, 7) is 5.80. The van der Waals surface area contributed by atoms with Crippen LogP contribution in [0.25, 0.3) is 0 Å². The summed E-state index contributed by atoms with van der Waals surface area (Å²) < 4.78 is 0. The lowest BCUT2D eigenvalue weighted by Gasteiger charge is -2.08. The summed E-state index contributed by atoms with van der Waals surface area (Å²) in [5.74, 6) is 1.57. The maximum absolute atomic E-state index is 4.44. The number of rotatable bonds is 6. The van der Waals surface area contributed by atoms with Gasteiger partial charge in [0, 0.05) is 24.8 Å². The highest BCUT2D eigenvalue weighted by atomic mass is 32.1. The second kappa shape index (κ2) is 6.35. The van der Waals surface area contributed by atoms with Crippen LogP contribution in [0.5, 0.6) is 0 Å². The van der Waals surface area contributed by atoms with Crippen LogP contribution in [0, 0.1) is 6.92 Å². The zero-order chi connectivity index (χ0) is 12.8. The first-order valence-corrected chi connectivity index (χ1v) is 7.06. The zero-order valence-electron chi connectivity index (χ0n) is 10.7. The van der Waals surface area contributed by atoms with Crippen molar-refractivity contribution in [1.82, 2.24) is 9.97 Å². The summed E-state index contributed by atoms with van der Waals surface area (Å²) in [5.41, 5.74) is 2.25. The van der Waals surface area contributed by atoms with E-state index in [-0.39, 0.29) is 0 Å². The molecule has 0 radical (unpaired) electrons. The molecule has 4 nitrogen and oxygen atoms in total. The van der Waals surface area contributed by atoms with Crippen LogP contribution in [0.15, 0.2) is 22.9 Å². The monoisotopic (exact) mass is 262 g/mol. The molecule has 0 saturated carbocycles. The lowest BCUT2D eigenvalue weighted by atomic mass is 10.3. The maximum atomic E-state index is 4.44. The van der Waals surface area contributed by atoms with Gasteiger partial charge in [0.25, 0.3) is 0 Å².